The summed E-state index contributed by atoms with van der Waals surface area (Å²) in [6, 6.07) is 13.8. The van der Waals surface area contributed by atoms with Crippen LogP contribution in [0.15, 0.2) is 42.5 Å². The third kappa shape index (κ3) is 3.00. The molecule has 1 saturated heterocycles. The zero-order valence-corrected chi connectivity index (χ0v) is 15.7. The molecule has 1 spiro atoms. The number of piperidine rings is 1. The van der Waals surface area contributed by atoms with Crippen molar-refractivity contribution < 1.29 is 14.3 Å². The van der Waals surface area contributed by atoms with E-state index in [2.05, 4.69) is 10.6 Å². The molecule has 2 aliphatic heterocycles. The van der Waals surface area contributed by atoms with Crippen LogP contribution in [0.5, 0.6) is 11.5 Å². The Labute approximate surface area is 159 Å². The molecule has 27 heavy (non-hydrogen) atoms. The van der Waals surface area contributed by atoms with E-state index in [4.69, 9.17) is 9.47 Å². The number of methoxy groups -OCH3 is 2. The number of nitrogens with zero attached hydrogens (tertiary/aromatic N) is 1. The Morgan fingerprint density at radius 2 is 1.81 bits per heavy atom. The zero-order chi connectivity index (χ0) is 18.9. The molecule has 6 heteroatoms. The minimum atomic E-state index is -0.550. The summed E-state index contributed by atoms with van der Waals surface area (Å²) in [5, 5.41) is 6.89. The number of anilines is 2. The van der Waals surface area contributed by atoms with E-state index >= 15 is 0 Å². The van der Waals surface area contributed by atoms with Crippen LogP contribution in [-0.2, 0) is 11.3 Å². The third-order valence-electron chi connectivity index (χ3n) is 5.49. The van der Waals surface area contributed by atoms with Gasteiger partial charge in [-0.1, -0.05) is 24.3 Å². The van der Waals surface area contributed by atoms with Crippen molar-refractivity contribution in [1.29, 1.82) is 0 Å². The van der Waals surface area contributed by atoms with E-state index in [9.17, 15) is 4.79 Å². The van der Waals surface area contributed by atoms with E-state index in [1.165, 1.54) is 0 Å². The highest BCUT2D eigenvalue weighted by Crippen LogP contribution is 2.41. The van der Waals surface area contributed by atoms with Crippen molar-refractivity contribution in [3.63, 3.8) is 0 Å². The number of rotatable bonds is 4. The molecule has 2 heterocycles. The van der Waals surface area contributed by atoms with E-state index in [0.717, 1.165) is 42.9 Å². The maximum Gasteiger partial charge on any atom is 0.253 e. The first kappa shape index (κ1) is 17.7. The summed E-state index contributed by atoms with van der Waals surface area (Å²) in [5.74, 6) is 1.46. The Morgan fingerprint density at radius 1 is 1.04 bits per heavy atom. The monoisotopic (exact) mass is 367 g/mol. The first-order valence-electron chi connectivity index (χ1n) is 9.28. The Bertz CT molecular complexity index is 846. The highest BCUT2D eigenvalue weighted by molar-refractivity contribution is 6.08. The molecular formula is C21H25N3O3. The fraction of sp³-hybridized carbons (Fsp3) is 0.381. The summed E-state index contributed by atoms with van der Waals surface area (Å²) < 4.78 is 11.0. The van der Waals surface area contributed by atoms with Crippen molar-refractivity contribution in [2.75, 3.05) is 37.5 Å². The summed E-state index contributed by atoms with van der Waals surface area (Å²) in [5.41, 5.74) is 2.27. The van der Waals surface area contributed by atoms with Crippen molar-refractivity contribution in [3.05, 3.63) is 48.0 Å². The molecule has 1 fully saturated rings. The van der Waals surface area contributed by atoms with Crippen molar-refractivity contribution in [2.24, 2.45) is 0 Å². The standard InChI is InChI=1S/C21H25N3O3/c1-26-18-9-5-6-15(19(18)27-2)14-24-17-8-4-3-7-16(17)23-21(20(24)25)10-12-22-13-11-21/h3-9,22-23H,10-14H2,1-2H3. The molecule has 0 unspecified atom stereocenters. The van der Waals surface area contributed by atoms with Gasteiger partial charge in [-0.2, -0.15) is 0 Å². The van der Waals surface area contributed by atoms with Crippen molar-refractivity contribution in [3.8, 4) is 11.5 Å². The van der Waals surface area contributed by atoms with E-state index in [1.807, 2.05) is 47.4 Å². The second-order valence-electron chi connectivity index (χ2n) is 7.02. The van der Waals surface area contributed by atoms with Gasteiger partial charge in [-0.05, 0) is 44.1 Å². The van der Waals surface area contributed by atoms with Crippen LogP contribution in [-0.4, -0.2) is 38.8 Å². The van der Waals surface area contributed by atoms with Gasteiger partial charge >= 0.3 is 0 Å². The highest BCUT2D eigenvalue weighted by atomic mass is 16.5. The lowest BCUT2D eigenvalue weighted by molar-refractivity contribution is -0.124. The summed E-state index contributed by atoms with van der Waals surface area (Å²) in [6.07, 6.45) is 1.54. The van der Waals surface area contributed by atoms with Crippen molar-refractivity contribution in [1.82, 2.24) is 5.32 Å². The maximum absolute atomic E-state index is 13.6. The normalized spacial score (nSPS) is 18.0. The van der Waals surface area contributed by atoms with Crippen LogP contribution >= 0.6 is 0 Å². The molecule has 2 aromatic rings. The number of ether oxygens (including phenoxy) is 2. The number of para-hydroxylation sites is 3. The number of hydrogen-bond donors (Lipinski definition) is 2. The molecule has 0 aliphatic carbocycles. The first-order valence-corrected chi connectivity index (χ1v) is 9.28. The predicted molar refractivity (Wildman–Crippen MR) is 106 cm³/mol. The van der Waals surface area contributed by atoms with Gasteiger partial charge in [-0.15, -0.1) is 0 Å². The minimum Gasteiger partial charge on any atom is -0.493 e. The van der Waals surface area contributed by atoms with E-state index in [1.54, 1.807) is 14.2 Å². The molecule has 0 saturated carbocycles. The van der Waals surface area contributed by atoms with Gasteiger partial charge in [0.25, 0.3) is 5.91 Å². The average molecular weight is 367 g/mol. The quantitative estimate of drug-likeness (QED) is 0.870. The number of nitrogens with one attached hydrogen (secondary N) is 2. The van der Waals surface area contributed by atoms with Gasteiger partial charge in [0.2, 0.25) is 0 Å². The summed E-state index contributed by atoms with van der Waals surface area (Å²) in [7, 11) is 3.25. The lowest BCUT2D eigenvalue weighted by Gasteiger charge is -2.46. The van der Waals surface area contributed by atoms with Crippen LogP contribution in [0.3, 0.4) is 0 Å². The summed E-state index contributed by atoms with van der Waals surface area (Å²) >= 11 is 0. The second kappa shape index (κ2) is 7.12. The average Bonchev–Trinajstić information content (AvgIpc) is 2.71. The Hall–Kier alpha value is -2.73. The SMILES string of the molecule is COc1cccc(CN2C(=O)C3(CCNCC3)Nc3ccccc32)c1OC. The molecule has 2 aliphatic rings. The van der Waals surface area contributed by atoms with E-state index in [0.29, 0.717) is 18.0 Å². The molecule has 1 amide bonds. The smallest absolute Gasteiger partial charge is 0.253 e. The van der Waals surface area contributed by atoms with Crippen LogP contribution < -0.4 is 25.0 Å². The fourth-order valence-electron chi connectivity index (χ4n) is 4.09. The van der Waals surface area contributed by atoms with Gasteiger partial charge in [0, 0.05) is 5.56 Å². The molecule has 0 radical (unpaired) electrons. The molecular weight excluding hydrogens is 342 g/mol. The van der Waals surface area contributed by atoms with Gasteiger partial charge in [-0.3, -0.25) is 4.79 Å². The van der Waals surface area contributed by atoms with E-state index in [-0.39, 0.29) is 5.91 Å². The van der Waals surface area contributed by atoms with Crippen LogP contribution in [0.1, 0.15) is 18.4 Å². The number of fused-ring (bicyclic) bond motifs is 1. The van der Waals surface area contributed by atoms with Crippen molar-refractivity contribution >= 4 is 17.3 Å². The van der Waals surface area contributed by atoms with Gasteiger partial charge in [-0.25, -0.2) is 0 Å². The maximum atomic E-state index is 13.6. The van der Waals surface area contributed by atoms with Gasteiger partial charge < -0.3 is 25.0 Å². The fourth-order valence-corrected chi connectivity index (χ4v) is 4.09. The summed E-state index contributed by atoms with van der Waals surface area (Å²) in [6.45, 7) is 2.10. The molecule has 0 aromatic heterocycles. The lowest BCUT2D eigenvalue weighted by atomic mass is 9.84. The van der Waals surface area contributed by atoms with Crippen LogP contribution in [0.2, 0.25) is 0 Å². The second-order valence-corrected chi connectivity index (χ2v) is 7.02. The van der Waals surface area contributed by atoms with Crippen molar-refractivity contribution in [2.45, 2.75) is 24.9 Å². The number of hydrogen-bond acceptors (Lipinski definition) is 5. The Kier molecular flexibility index (Phi) is 4.66. The topological polar surface area (TPSA) is 62.8 Å². The predicted octanol–water partition coefficient (Wildman–Crippen LogP) is 2.78. The van der Waals surface area contributed by atoms with Gasteiger partial charge in [0.1, 0.15) is 5.54 Å². The number of carbonyl (C=O) groups is 1. The van der Waals surface area contributed by atoms with E-state index < -0.39 is 5.54 Å². The number of amides is 1. The Balaban J connectivity index is 1.76. The largest absolute Gasteiger partial charge is 0.493 e. The Morgan fingerprint density at radius 3 is 2.56 bits per heavy atom. The highest BCUT2D eigenvalue weighted by Gasteiger charge is 2.46. The molecule has 0 atom stereocenters. The van der Waals surface area contributed by atoms with Gasteiger partial charge in [0.15, 0.2) is 11.5 Å². The molecule has 4 rings (SSSR count). The minimum absolute atomic E-state index is 0.118. The number of carbonyl (C=O) groups excluding carboxylic acids is 1. The molecule has 6 nitrogen and oxygen atoms in total. The van der Waals surface area contributed by atoms with Crippen LogP contribution in [0, 0.1) is 0 Å². The molecule has 2 N–H and O–H groups in total. The van der Waals surface area contributed by atoms with Crippen LogP contribution in [0.4, 0.5) is 11.4 Å². The third-order valence-corrected chi connectivity index (χ3v) is 5.49. The molecule has 2 aromatic carbocycles. The lowest BCUT2D eigenvalue weighted by Crippen LogP contribution is -2.61. The van der Waals surface area contributed by atoms with Crippen LogP contribution in [0.25, 0.3) is 0 Å². The number of benzene rings is 2. The molecule has 0 bridgehead atoms. The summed E-state index contributed by atoms with van der Waals surface area (Å²) in [4.78, 5) is 15.5. The zero-order valence-electron chi connectivity index (χ0n) is 15.7. The first-order chi connectivity index (χ1) is 13.2. The van der Waals surface area contributed by atoms with Gasteiger partial charge in [0.05, 0.1) is 32.1 Å². The molecule has 142 valence electrons.